The van der Waals surface area contributed by atoms with Crippen LogP contribution in [0, 0.1) is 0 Å². The third kappa shape index (κ3) is 4.12. The molecule has 4 rings (SSSR count). The number of esters is 1. The molecule has 2 aliphatic heterocycles. The molecule has 1 saturated carbocycles. The zero-order valence-electron chi connectivity index (χ0n) is 16.4. The van der Waals surface area contributed by atoms with Gasteiger partial charge < -0.3 is 15.4 Å². The second-order valence-corrected chi connectivity index (χ2v) is 8.46. The summed E-state index contributed by atoms with van der Waals surface area (Å²) in [5, 5.41) is 5.89. The minimum atomic E-state index is -0.568. The van der Waals surface area contributed by atoms with Crippen LogP contribution in [0.1, 0.15) is 43.7 Å². The number of nitrogens with one attached hydrogen (secondary N) is 2. The number of urea groups is 1. The number of carbonyl (C=O) groups is 3. The van der Waals surface area contributed by atoms with Crippen LogP contribution in [0.2, 0.25) is 0 Å². The van der Waals surface area contributed by atoms with Crippen LogP contribution >= 0.6 is 11.8 Å². The van der Waals surface area contributed by atoms with Crippen LogP contribution in [0.4, 0.5) is 4.79 Å². The summed E-state index contributed by atoms with van der Waals surface area (Å²) in [6.07, 6.45) is 7.37. The molecule has 0 radical (unpaired) electrons. The van der Waals surface area contributed by atoms with Gasteiger partial charge in [-0.15, -0.1) is 11.8 Å². The van der Waals surface area contributed by atoms with Crippen molar-refractivity contribution in [2.24, 2.45) is 0 Å². The van der Waals surface area contributed by atoms with E-state index in [1.54, 1.807) is 11.8 Å². The molecule has 2 heterocycles. The number of benzene rings is 1. The van der Waals surface area contributed by atoms with Crippen molar-refractivity contribution in [1.82, 2.24) is 15.5 Å². The molecule has 0 spiro atoms. The Bertz CT molecular complexity index is 846. The smallest absolute Gasteiger partial charge is 0.338 e. The number of nitrogens with zero attached hydrogens (tertiary/aromatic N) is 1. The topological polar surface area (TPSA) is 87.7 Å². The van der Waals surface area contributed by atoms with Crippen LogP contribution in [0.3, 0.4) is 0 Å². The first kappa shape index (κ1) is 19.8. The Morgan fingerprint density at radius 2 is 1.93 bits per heavy atom. The molecular formula is C21H25N3O4S. The van der Waals surface area contributed by atoms with Gasteiger partial charge in [0.15, 0.2) is 0 Å². The van der Waals surface area contributed by atoms with Gasteiger partial charge >= 0.3 is 12.0 Å². The summed E-state index contributed by atoms with van der Waals surface area (Å²) in [6, 6.07) is 6.92. The van der Waals surface area contributed by atoms with Crippen molar-refractivity contribution in [1.29, 1.82) is 0 Å². The van der Waals surface area contributed by atoms with E-state index in [4.69, 9.17) is 4.74 Å². The van der Waals surface area contributed by atoms with Gasteiger partial charge in [-0.2, -0.15) is 0 Å². The number of amides is 3. The number of hydrogen-bond donors (Lipinski definition) is 2. The molecule has 1 fully saturated rings. The molecule has 154 valence electrons. The van der Waals surface area contributed by atoms with Gasteiger partial charge in [-0.25, -0.2) is 9.59 Å². The van der Waals surface area contributed by atoms with E-state index in [-0.39, 0.29) is 31.1 Å². The first-order valence-electron chi connectivity index (χ1n) is 9.98. The molecular weight excluding hydrogens is 390 g/mol. The molecule has 0 saturated heterocycles. The van der Waals surface area contributed by atoms with Gasteiger partial charge in [0.2, 0.25) is 5.91 Å². The first-order chi connectivity index (χ1) is 14.1. The van der Waals surface area contributed by atoms with Crippen LogP contribution in [0.5, 0.6) is 0 Å². The third-order valence-corrected chi connectivity index (χ3v) is 6.46. The molecule has 1 aliphatic carbocycles. The van der Waals surface area contributed by atoms with Crippen LogP contribution in [0.25, 0.3) is 0 Å². The highest BCUT2D eigenvalue weighted by Gasteiger charge is 2.42. The first-order valence-corrected chi connectivity index (χ1v) is 11.2. The summed E-state index contributed by atoms with van der Waals surface area (Å²) in [5.41, 5.74) is 1.71. The van der Waals surface area contributed by atoms with Crippen molar-refractivity contribution in [2.75, 3.05) is 19.4 Å². The lowest BCUT2D eigenvalue weighted by Crippen LogP contribution is -2.51. The lowest BCUT2D eigenvalue weighted by molar-refractivity contribution is -0.136. The van der Waals surface area contributed by atoms with Crippen molar-refractivity contribution >= 4 is 29.7 Å². The average Bonchev–Trinajstić information content (AvgIpc) is 3.12. The number of rotatable bonds is 5. The predicted molar refractivity (Wildman–Crippen MR) is 109 cm³/mol. The van der Waals surface area contributed by atoms with E-state index in [0.717, 1.165) is 36.1 Å². The Balaban J connectivity index is 1.54. The minimum absolute atomic E-state index is 0.0116. The summed E-state index contributed by atoms with van der Waals surface area (Å²) >= 11 is 1.62. The van der Waals surface area contributed by atoms with Crippen molar-refractivity contribution in [3.63, 3.8) is 0 Å². The lowest BCUT2D eigenvalue weighted by atomic mass is 9.95. The number of carbonyl (C=O) groups excluding carboxylic acids is 3. The van der Waals surface area contributed by atoms with Crippen molar-refractivity contribution in [3.8, 4) is 0 Å². The van der Waals surface area contributed by atoms with E-state index in [1.807, 2.05) is 30.5 Å². The molecule has 1 aromatic rings. The van der Waals surface area contributed by atoms with Crippen molar-refractivity contribution in [2.45, 2.75) is 49.1 Å². The highest BCUT2D eigenvalue weighted by atomic mass is 32.2. The van der Waals surface area contributed by atoms with E-state index >= 15 is 0 Å². The molecule has 3 amide bonds. The summed E-state index contributed by atoms with van der Waals surface area (Å²) in [4.78, 5) is 40.2. The quantitative estimate of drug-likeness (QED) is 0.570. The van der Waals surface area contributed by atoms with E-state index in [1.165, 1.54) is 11.3 Å². The Kier molecular flexibility index (Phi) is 5.80. The van der Waals surface area contributed by atoms with E-state index < -0.39 is 12.0 Å². The highest BCUT2D eigenvalue weighted by Crippen LogP contribution is 2.35. The Hall–Kier alpha value is -2.48. The summed E-state index contributed by atoms with van der Waals surface area (Å²) < 4.78 is 5.22. The van der Waals surface area contributed by atoms with E-state index in [9.17, 15) is 14.4 Å². The molecule has 1 atom stereocenters. The molecule has 7 nitrogen and oxygen atoms in total. The van der Waals surface area contributed by atoms with Gasteiger partial charge in [-0.3, -0.25) is 9.69 Å². The monoisotopic (exact) mass is 415 g/mol. The SMILES string of the molecule is CSc1ccc([C@@H]2NC(=O)N(CC(=O)NC3CCCCC3)C3=C2C(=O)OC3)cc1. The molecule has 0 unspecified atom stereocenters. The third-order valence-electron chi connectivity index (χ3n) is 5.72. The van der Waals surface area contributed by atoms with Gasteiger partial charge in [0, 0.05) is 10.9 Å². The second kappa shape index (κ2) is 8.49. The maximum absolute atomic E-state index is 12.8. The Morgan fingerprint density at radius 1 is 1.21 bits per heavy atom. The van der Waals surface area contributed by atoms with E-state index in [2.05, 4.69) is 10.6 Å². The standard InChI is InChI=1S/C21H25N3O4S/c1-29-15-9-7-13(8-10-15)19-18-16(12-28-20(18)26)24(21(27)23-19)11-17(25)22-14-5-3-2-4-6-14/h7-10,14,19H,2-6,11-12H2,1H3,(H,22,25)(H,23,27)/t19-/m0/s1. The minimum Gasteiger partial charge on any atom is -0.456 e. The van der Waals surface area contributed by atoms with Crippen LogP contribution in [0.15, 0.2) is 40.4 Å². The van der Waals surface area contributed by atoms with Crippen LogP contribution < -0.4 is 10.6 Å². The zero-order chi connectivity index (χ0) is 20.4. The summed E-state index contributed by atoms with van der Waals surface area (Å²) in [7, 11) is 0. The van der Waals surface area contributed by atoms with Gasteiger partial charge in [-0.05, 0) is 36.8 Å². The average molecular weight is 416 g/mol. The van der Waals surface area contributed by atoms with Crippen molar-refractivity contribution in [3.05, 3.63) is 41.1 Å². The molecule has 0 bridgehead atoms. The lowest BCUT2D eigenvalue weighted by Gasteiger charge is -2.33. The molecule has 0 aromatic heterocycles. The predicted octanol–water partition coefficient (Wildman–Crippen LogP) is 2.73. The fourth-order valence-corrected chi connectivity index (χ4v) is 4.60. The van der Waals surface area contributed by atoms with Gasteiger partial charge in [0.1, 0.15) is 13.2 Å². The maximum atomic E-state index is 12.8. The van der Waals surface area contributed by atoms with Gasteiger partial charge in [0.25, 0.3) is 0 Å². The number of hydrogen-bond acceptors (Lipinski definition) is 5. The van der Waals surface area contributed by atoms with Gasteiger partial charge in [-0.1, -0.05) is 31.4 Å². The summed E-state index contributed by atoms with van der Waals surface area (Å²) in [6.45, 7) is -0.104. The maximum Gasteiger partial charge on any atom is 0.338 e. The number of ether oxygens (including phenoxy) is 1. The molecule has 3 aliphatic rings. The number of thioether (sulfide) groups is 1. The Morgan fingerprint density at radius 3 is 2.62 bits per heavy atom. The summed E-state index contributed by atoms with van der Waals surface area (Å²) in [5.74, 6) is -0.655. The fourth-order valence-electron chi connectivity index (χ4n) is 4.19. The highest BCUT2D eigenvalue weighted by molar-refractivity contribution is 7.98. The normalized spacial score (nSPS) is 22.2. The molecule has 29 heavy (non-hydrogen) atoms. The molecule has 1 aromatic carbocycles. The molecule has 2 N–H and O–H groups in total. The molecule has 8 heteroatoms. The Labute approximate surface area is 174 Å². The number of cyclic esters (lactones) is 1. The van der Waals surface area contributed by atoms with Crippen molar-refractivity contribution < 1.29 is 19.1 Å². The second-order valence-electron chi connectivity index (χ2n) is 7.58. The van der Waals surface area contributed by atoms with Gasteiger partial charge in [0.05, 0.1) is 17.3 Å². The zero-order valence-corrected chi connectivity index (χ0v) is 17.2. The van der Waals surface area contributed by atoms with Crippen LogP contribution in [-0.4, -0.2) is 48.3 Å². The van der Waals surface area contributed by atoms with Crippen LogP contribution in [-0.2, 0) is 14.3 Å². The van der Waals surface area contributed by atoms with E-state index in [0.29, 0.717) is 11.3 Å². The fraction of sp³-hybridized carbons (Fsp3) is 0.476. The largest absolute Gasteiger partial charge is 0.456 e.